The molecule has 5 nitrogen and oxygen atoms in total. The number of nitrogens with one attached hydrogen (secondary N) is 1. The Hall–Kier alpha value is -1.07. The summed E-state index contributed by atoms with van der Waals surface area (Å²) < 4.78 is 6.79. The van der Waals surface area contributed by atoms with Crippen LogP contribution >= 0.6 is 11.6 Å². The normalized spacial score (nSPS) is 23.5. The van der Waals surface area contributed by atoms with Crippen molar-refractivity contribution in [1.82, 2.24) is 9.55 Å². The van der Waals surface area contributed by atoms with Gasteiger partial charge >= 0.3 is 5.69 Å². The molecule has 0 aliphatic carbocycles. The van der Waals surface area contributed by atoms with Crippen molar-refractivity contribution >= 4 is 11.6 Å². The van der Waals surface area contributed by atoms with Gasteiger partial charge in [-0.05, 0) is 19.8 Å². The average Bonchev–Trinajstić information content (AvgIpc) is 2.79. The topological polar surface area (TPSA) is 64.1 Å². The number of aromatic nitrogens is 2. The third kappa shape index (κ3) is 2.37. The number of aromatic amines is 1. The number of rotatable bonds is 3. The summed E-state index contributed by atoms with van der Waals surface area (Å²) in [7, 11) is 0. The van der Waals surface area contributed by atoms with Crippen molar-refractivity contribution in [2.45, 2.75) is 39.3 Å². The maximum Gasteiger partial charge on any atom is 0.329 e. The Bertz CT molecular complexity index is 549. The highest BCUT2D eigenvalue weighted by Gasteiger charge is 2.28. The van der Waals surface area contributed by atoms with Gasteiger partial charge in [-0.2, -0.15) is 0 Å². The molecule has 2 rings (SSSR count). The van der Waals surface area contributed by atoms with Crippen LogP contribution in [0.1, 0.15) is 25.3 Å². The molecule has 1 aromatic heterocycles. The van der Waals surface area contributed by atoms with Crippen LogP contribution in [-0.4, -0.2) is 22.3 Å². The largest absolute Gasteiger partial charge is 0.378 e. The van der Waals surface area contributed by atoms with E-state index in [1.165, 1.54) is 4.57 Å². The van der Waals surface area contributed by atoms with E-state index in [0.29, 0.717) is 18.7 Å². The highest BCUT2D eigenvalue weighted by molar-refractivity contribution is 6.30. The maximum atomic E-state index is 12.0. The van der Waals surface area contributed by atoms with Crippen LogP contribution in [0.15, 0.2) is 9.59 Å². The molecular weight excluding hydrogens is 256 g/mol. The number of hydrogen-bond donors (Lipinski definition) is 1. The molecule has 1 N–H and O–H groups in total. The quantitative estimate of drug-likeness (QED) is 0.844. The molecule has 0 aromatic carbocycles. The first-order valence-corrected chi connectivity index (χ1v) is 6.53. The predicted molar refractivity (Wildman–Crippen MR) is 69.2 cm³/mol. The minimum absolute atomic E-state index is 0.121. The van der Waals surface area contributed by atoms with Gasteiger partial charge in [-0.3, -0.25) is 14.3 Å². The van der Waals surface area contributed by atoms with Crippen LogP contribution in [0.2, 0.25) is 5.15 Å². The van der Waals surface area contributed by atoms with Crippen molar-refractivity contribution in [3.8, 4) is 0 Å². The third-order valence-corrected chi connectivity index (χ3v) is 3.90. The van der Waals surface area contributed by atoms with Crippen molar-refractivity contribution < 1.29 is 4.74 Å². The number of ether oxygens (including phenoxy) is 1. The Balaban J connectivity index is 2.33. The molecule has 0 amide bonds. The fourth-order valence-corrected chi connectivity index (χ4v) is 2.56. The van der Waals surface area contributed by atoms with Gasteiger partial charge in [-0.1, -0.05) is 18.5 Å². The number of halogens is 1. The van der Waals surface area contributed by atoms with Gasteiger partial charge in [0.2, 0.25) is 0 Å². The molecule has 0 spiro atoms. The van der Waals surface area contributed by atoms with E-state index in [1.807, 2.05) is 6.92 Å². The Labute approximate surface area is 110 Å². The summed E-state index contributed by atoms with van der Waals surface area (Å²) in [4.78, 5) is 26.3. The van der Waals surface area contributed by atoms with E-state index in [2.05, 4.69) is 4.98 Å². The van der Waals surface area contributed by atoms with E-state index in [0.717, 1.165) is 12.8 Å². The second kappa shape index (κ2) is 5.28. The molecular formula is C12H17ClN2O3. The molecule has 1 aromatic rings. The fraction of sp³-hybridized carbons (Fsp3) is 0.667. The van der Waals surface area contributed by atoms with Crippen molar-refractivity contribution in [1.29, 1.82) is 0 Å². The first-order chi connectivity index (χ1) is 8.54. The molecule has 0 bridgehead atoms. The number of nitrogens with zero attached hydrogens (tertiary/aromatic N) is 1. The van der Waals surface area contributed by atoms with Crippen molar-refractivity contribution in [3.05, 3.63) is 31.6 Å². The summed E-state index contributed by atoms with van der Waals surface area (Å²) in [6, 6.07) is 0. The van der Waals surface area contributed by atoms with Gasteiger partial charge < -0.3 is 4.74 Å². The van der Waals surface area contributed by atoms with Crippen LogP contribution < -0.4 is 11.2 Å². The molecule has 1 aliphatic rings. The van der Waals surface area contributed by atoms with Gasteiger partial charge in [0.25, 0.3) is 5.56 Å². The van der Waals surface area contributed by atoms with Gasteiger partial charge in [0, 0.05) is 24.6 Å². The molecule has 2 unspecified atom stereocenters. The van der Waals surface area contributed by atoms with Crippen LogP contribution in [0.5, 0.6) is 0 Å². The lowest BCUT2D eigenvalue weighted by Gasteiger charge is -2.17. The lowest BCUT2D eigenvalue weighted by molar-refractivity contribution is 0.0829. The summed E-state index contributed by atoms with van der Waals surface area (Å²) in [6.45, 7) is 4.75. The molecule has 1 fully saturated rings. The van der Waals surface area contributed by atoms with Crippen molar-refractivity contribution in [2.75, 3.05) is 6.61 Å². The molecule has 2 heterocycles. The second-order valence-corrected chi connectivity index (χ2v) is 5.03. The second-order valence-electron chi connectivity index (χ2n) is 4.65. The Morgan fingerprint density at radius 1 is 1.50 bits per heavy atom. The Morgan fingerprint density at radius 3 is 2.89 bits per heavy atom. The van der Waals surface area contributed by atoms with Crippen molar-refractivity contribution in [3.63, 3.8) is 0 Å². The minimum Gasteiger partial charge on any atom is -0.378 e. The lowest BCUT2D eigenvalue weighted by atomic mass is 9.99. The zero-order valence-corrected chi connectivity index (χ0v) is 11.3. The molecule has 0 radical (unpaired) electrons. The third-order valence-electron chi connectivity index (χ3n) is 3.52. The van der Waals surface area contributed by atoms with Gasteiger partial charge in [0.15, 0.2) is 0 Å². The predicted octanol–water partition coefficient (Wildman–Crippen LogP) is 1.31. The van der Waals surface area contributed by atoms with Crippen LogP contribution in [0.4, 0.5) is 0 Å². The first-order valence-electron chi connectivity index (χ1n) is 6.15. The van der Waals surface area contributed by atoms with Gasteiger partial charge in [0.1, 0.15) is 5.15 Å². The van der Waals surface area contributed by atoms with Gasteiger partial charge in [-0.15, -0.1) is 0 Å². The Morgan fingerprint density at radius 2 is 2.22 bits per heavy atom. The van der Waals surface area contributed by atoms with Crippen LogP contribution in [0.3, 0.4) is 0 Å². The molecule has 6 heteroatoms. The number of hydrogen-bond acceptors (Lipinski definition) is 3. The highest BCUT2D eigenvalue weighted by atomic mass is 35.5. The van der Waals surface area contributed by atoms with E-state index in [4.69, 9.17) is 16.3 Å². The zero-order valence-electron chi connectivity index (χ0n) is 10.5. The Kier molecular flexibility index (Phi) is 3.92. The monoisotopic (exact) mass is 272 g/mol. The van der Waals surface area contributed by atoms with Gasteiger partial charge in [0.05, 0.1) is 6.10 Å². The molecule has 0 saturated carbocycles. The molecule has 1 aliphatic heterocycles. The summed E-state index contributed by atoms with van der Waals surface area (Å²) in [6.07, 6.45) is 1.91. The molecule has 100 valence electrons. The van der Waals surface area contributed by atoms with Crippen LogP contribution in [-0.2, 0) is 11.3 Å². The summed E-state index contributed by atoms with van der Waals surface area (Å²) in [5.74, 6) is 0.217. The summed E-state index contributed by atoms with van der Waals surface area (Å²) >= 11 is 5.77. The molecule has 18 heavy (non-hydrogen) atoms. The minimum atomic E-state index is -0.447. The van der Waals surface area contributed by atoms with E-state index in [-0.39, 0.29) is 22.7 Å². The van der Waals surface area contributed by atoms with Crippen molar-refractivity contribution in [2.24, 2.45) is 5.92 Å². The van der Waals surface area contributed by atoms with E-state index in [9.17, 15) is 9.59 Å². The smallest absolute Gasteiger partial charge is 0.329 e. The number of H-pyrrole nitrogens is 1. The standard InChI is InChI=1S/C12H17ClN2O3/c1-3-9-8(4-5-18-9)6-15-11(16)7(2)10(13)14-12(15)17/h8-9H,3-6H2,1-2H3,(H,14,17). The fourth-order valence-electron chi connectivity index (χ4n) is 2.40. The van der Waals surface area contributed by atoms with Crippen LogP contribution in [0.25, 0.3) is 0 Å². The SMILES string of the molecule is CCC1OCCC1Cn1c(=O)[nH]c(Cl)c(C)c1=O. The lowest BCUT2D eigenvalue weighted by Crippen LogP contribution is -2.39. The van der Waals surface area contributed by atoms with Gasteiger partial charge in [-0.25, -0.2) is 4.79 Å². The van der Waals surface area contributed by atoms with E-state index in [1.54, 1.807) is 6.92 Å². The van der Waals surface area contributed by atoms with E-state index >= 15 is 0 Å². The highest BCUT2D eigenvalue weighted by Crippen LogP contribution is 2.24. The molecule has 1 saturated heterocycles. The molecule has 2 atom stereocenters. The average molecular weight is 273 g/mol. The summed E-state index contributed by atoms with van der Waals surface area (Å²) in [5, 5.41) is 0.121. The zero-order chi connectivity index (χ0) is 13.3. The summed E-state index contributed by atoms with van der Waals surface area (Å²) in [5.41, 5.74) is -0.383. The van der Waals surface area contributed by atoms with E-state index < -0.39 is 5.69 Å². The first kappa shape index (κ1) is 13.4. The maximum absolute atomic E-state index is 12.0. The van der Waals surface area contributed by atoms with Crippen LogP contribution in [0, 0.1) is 12.8 Å².